The summed E-state index contributed by atoms with van der Waals surface area (Å²) in [5.74, 6) is 0.497. The highest BCUT2D eigenvalue weighted by molar-refractivity contribution is 5.17. The summed E-state index contributed by atoms with van der Waals surface area (Å²) in [7, 11) is 0. The lowest BCUT2D eigenvalue weighted by molar-refractivity contribution is 0.292. The van der Waals surface area contributed by atoms with Gasteiger partial charge in [-0.15, -0.1) is 0 Å². The lowest BCUT2D eigenvalue weighted by Crippen LogP contribution is -2.34. The molecule has 1 N–H and O–H groups in total. The van der Waals surface area contributed by atoms with Crippen LogP contribution in [-0.2, 0) is 0 Å². The van der Waals surface area contributed by atoms with Crippen LogP contribution in [0, 0.1) is 0 Å². The Bertz CT molecular complexity index is 436. The Labute approximate surface area is 114 Å². The van der Waals surface area contributed by atoms with E-state index in [1.54, 1.807) is 6.07 Å². The molecule has 1 aliphatic heterocycles. The van der Waals surface area contributed by atoms with Crippen LogP contribution in [-0.4, -0.2) is 24.3 Å². The van der Waals surface area contributed by atoms with Gasteiger partial charge in [0.15, 0.2) is 5.75 Å². The normalized spacial score (nSPS) is 16.5. The van der Waals surface area contributed by atoms with E-state index in [-0.39, 0.29) is 5.56 Å². The fraction of sp³-hybridized carbons (Fsp3) is 0.667. The van der Waals surface area contributed by atoms with E-state index in [1.807, 2.05) is 16.8 Å². The molecule has 1 aromatic heterocycles. The molecule has 1 saturated heterocycles. The molecular weight excluding hydrogens is 240 g/mol. The molecule has 2 heterocycles. The fourth-order valence-electron chi connectivity index (χ4n) is 2.51. The number of rotatable bonds is 6. The minimum atomic E-state index is 0.0194. The number of aromatic nitrogens is 1. The van der Waals surface area contributed by atoms with E-state index in [9.17, 15) is 4.79 Å². The Kier molecular flexibility index (Phi) is 5.45. The standard InChI is InChI=1S/C15H24N2O2/c1-2-3-4-12-19-14-6-5-11-17(15(14)18)13-7-9-16-10-8-13/h5-6,11,13,16H,2-4,7-10,12H2,1H3. The molecule has 1 aliphatic rings. The van der Waals surface area contributed by atoms with Gasteiger partial charge in [0.1, 0.15) is 0 Å². The van der Waals surface area contributed by atoms with Crippen LogP contribution in [0.5, 0.6) is 5.75 Å². The molecule has 0 bridgehead atoms. The monoisotopic (exact) mass is 264 g/mol. The first-order valence-electron chi connectivity index (χ1n) is 7.37. The van der Waals surface area contributed by atoms with Gasteiger partial charge in [-0.3, -0.25) is 4.79 Å². The zero-order valence-corrected chi connectivity index (χ0v) is 11.7. The first-order chi connectivity index (χ1) is 9.33. The van der Waals surface area contributed by atoms with Crippen LogP contribution in [0.1, 0.15) is 45.1 Å². The van der Waals surface area contributed by atoms with E-state index in [4.69, 9.17) is 4.74 Å². The second kappa shape index (κ2) is 7.34. The first-order valence-corrected chi connectivity index (χ1v) is 7.37. The van der Waals surface area contributed by atoms with Crippen molar-refractivity contribution in [2.45, 2.75) is 45.1 Å². The summed E-state index contributed by atoms with van der Waals surface area (Å²) in [5, 5.41) is 3.32. The van der Waals surface area contributed by atoms with Crippen molar-refractivity contribution in [3.63, 3.8) is 0 Å². The van der Waals surface area contributed by atoms with Gasteiger partial charge < -0.3 is 14.6 Å². The summed E-state index contributed by atoms with van der Waals surface area (Å²) < 4.78 is 7.46. The number of unbranched alkanes of at least 4 members (excludes halogenated alkanes) is 2. The number of pyridine rings is 1. The number of piperidine rings is 1. The molecule has 0 saturated carbocycles. The Balaban J connectivity index is 2.02. The van der Waals surface area contributed by atoms with E-state index < -0.39 is 0 Å². The maximum atomic E-state index is 12.3. The molecule has 4 nitrogen and oxygen atoms in total. The molecule has 0 radical (unpaired) electrons. The van der Waals surface area contributed by atoms with Gasteiger partial charge >= 0.3 is 0 Å². The number of hydrogen-bond donors (Lipinski definition) is 1. The van der Waals surface area contributed by atoms with Crippen molar-refractivity contribution in [1.29, 1.82) is 0 Å². The van der Waals surface area contributed by atoms with Crippen molar-refractivity contribution < 1.29 is 4.74 Å². The third-order valence-corrected chi connectivity index (χ3v) is 3.65. The quantitative estimate of drug-likeness (QED) is 0.802. The SMILES string of the molecule is CCCCCOc1cccn(C2CCNCC2)c1=O. The molecule has 0 atom stereocenters. The molecule has 4 heteroatoms. The van der Waals surface area contributed by atoms with Crippen LogP contribution < -0.4 is 15.6 Å². The zero-order valence-electron chi connectivity index (χ0n) is 11.7. The van der Waals surface area contributed by atoms with E-state index in [0.717, 1.165) is 45.2 Å². The third kappa shape index (κ3) is 3.83. The Morgan fingerprint density at radius 1 is 1.37 bits per heavy atom. The second-order valence-corrected chi connectivity index (χ2v) is 5.12. The highest BCUT2D eigenvalue weighted by Gasteiger charge is 2.17. The maximum absolute atomic E-state index is 12.3. The first kappa shape index (κ1) is 14.1. The van der Waals surface area contributed by atoms with E-state index in [0.29, 0.717) is 18.4 Å². The summed E-state index contributed by atoms with van der Waals surface area (Å²) in [5.41, 5.74) is 0.0194. The summed E-state index contributed by atoms with van der Waals surface area (Å²) in [6, 6.07) is 4.01. The second-order valence-electron chi connectivity index (χ2n) is 5.12. The van der Waals surface area contributed by atoms with Crippen LogP contribution in [0.3, 0.4) is 0 Å². The van der Waals surface area contributed by atoms with Gasteiger partial charge in [-0.05, 0) is 44.5 Å². The molecule has 0 amide bonds. The highest BCUT2D eigenvalue weighted by Crippen LogP contribution is 2.17. The molecule has 1 aromatic rings. The Hall–Kier alpha value is -1.29. The fourth-order valence-corrected chi connectivity index (χ4v) is 2.51. The highest BCUT2D eigenvalue weighted by atomic mass is 16.5. The Morgan fingerprint density at radius 3 is 2.89 bits per heavy atom. The largest absolute Gasteiger partial charge is 0.488 e. The van der Waals surface area contributed by atoms with Crippen LogP contribution >= 0.6 is 0 Å². The van der Waals surface area contributed by atoms with Gasteiger partial charge in [-0.25, -0.2) is 0 Å². The zero-order chi connectivity index (χ0) is 13.5. The lowest BCUT2D eigenvalue weighted by Gasteiger charge is -2.25. The van der Waals surface area contributed by atoms with Gasteiger partial charge in [-0.2, -0.15) is 0 Å². The third-order valence-electron chi connectivity index (χ3n) is 3.65. The van der Waals surface area contributed by atoms with Gasteiger partial charge in [0.05, 0.1) is 6.61 Å². The van der Waals surface area contributed by atoms with Crippen molar-refractivity contribution >= 4 is 0 Å². The minimum Gasteiger partial charge on any atom is -0.488 e. The molecule has 0 unspecified atom stereocenters. The van der Waals surface area contributed by atoms with Crippen LogP contribution in [0.15, 0.2) is 23.1 Å². The van der Waals surface area contributed by atoms with Gasteiger partial charge in [0.25, 0.3) is 5.56 Å². The van der Waals surface area contributed by atoms with E-state index in [1.165, 1.54) is 0 Å². The van der Waals surface area contributed by atoms with Gasteiger partial charge in [0, 0.05) is 12.2 Å². The topological polar surface area (TPSA) is 43.3 Å². The maximum Gasteiger partial charge on any atom is 0.293 e. The number of ether oxygens (including phenoxy) is 1. The number of nitrogens with one attached hydrogen (secondary N) is 1. The molecule has 0 aliphatic carbocycles. The van der Waals surface area contributed by atoms with Crippen molar-refractivity contribution in [3.05, 3.63) is 28.7 Å². The smallest absolute Gasteiger partial charge is 0.293 e. The van der Waals surface area contributed by atoms with Crippen LogP contribution in [0.2, 0.25) is 0 Å². The average molecular weight is 264 g/mol. The summed E-state index contributed by atoms with van der Waals surface area (Å²) >= 11 is 0. The summed E-state index contributed by atoms with van der Waals surface area (Å²) in [6.07, 6.45) is 7.24. The van der Waals surface area contributed by atoms with Crippen molar-refractivity contribution in [2.24, 2.45) is 0 Å². The summed E-state index contributed by atoms with van der Waals surface area (Å²) in [6.45, 7) is 4.77. The molecule has 106 valence electrons. The van der Waals surface area contributed by atoms with Crippen LogP contribution in [0.25, 0.3) is 0 Å². The van der Waals surface area contributed by atoms with Gasteiger partial charge in [-0.1, -0.05) is 19.8 Å². The molecule has 2 rings (SSSR count). The van der Waals surface area contributed by atoms with Gasteiger partial charge in [0.2, 0.25) is 0 Å². The molecular formula is C15H24N2O2. The molecule has 0 aromatic carbocycles. The molecule has 19 heavy (non-hydrogen) atoms. The summed E-state index contributed by atoms with van der Waals surface area (Å²) in [4.78, 5) is 12.3. The predicted molar refractivity (Wildman–Crippen MR) is 76.9 cm³/mol. The number of hydrogen-bond acceptors (Lipinski definition) is 3. The van der Waals surface area contributed by atoms with Crippen molar-refractivity contribution in [2.75, 3.05) is 19.7 Å². The molecule has 1 fully saturated rings. The Morgan fingerprint density at radius 2 is 2.16 bits per heavy atom. The van der Waals surface area contributed by atoms with E-state index in [2.05, 4.69) is 12.2 Å². The van der Waals surface area contributed by atoms with Crippen LogP contribution in [0.4, 0.5) is 0 Å². The lowest BCUT2D eigenvalue weighted by atomic mass is 10.1. The number of nitrogens with zero attached hydrogens (tertiary/aromatic N) is 1. The average Bonchev–Trinajstić information content (AvgIpc) is 2.46. The minimum absolute atomic E-state index is 0.0194. The van der Waals surface area contributed by atoms with Crippen molar-refractivity contribution in [1.82, 2.24) is 9.88 Å². The predicted octanol–water partition coefficient (Wildman–Crippen LogP) is 2.34. The molecule has 0 spiro atoms. The van der Waals surface area contributed by atoms with Crippen molar-refractivity contribution in [3.8, 4) is 5.75 Å². The van der Waals surface area contributed by atoms with E-state index >= 15 is 0 Å².